The van der Waals surface area contributed by atoms with Gasteiger partial charge in [0.25, 0.3) is 0 Å². The lowest BCUT2D eigenvalue weighted by molar-refractivity contribution is 0.373. The summed E-state index contributed by atoms with van der Waals surface area (Å²) in [6, 6.07) is 8.95. The molecule has 0 radical (unpaired) electrons. The van der Waals surface area contributed by atoms with Crippen molar-refractivity contribution in [3.63, 3.8) is 0 Å². The zero-order chi connectivity index (χ0) is 14.5. The van der Waals surface area contributed by atoms with E-state index in [0.29, 0.717) is 28.8 Å². The van der Waals surface area contributed by atoms with Crippen LogP contribution in [0.1, 0.15) is 16.7 Å². The molecule has 2 aromatic rings. The van der Waals surface area contributed by atoms with Crippen molar-refractivity contribution in [3.8, 4) is 23.4 Å². The minimum absolute atomic E-state index is 0.411. The number of rotatable bonds is 4. The maximum Gasteiger partial charge on any atom is 0.222 e. The van der Waals surface area contributed by atoms with E-state index in [0.717, 1.165) is 11.1 Å². The second-order valence-corrected chi connectivity index (χ2v) is 4.45. The second kappa shape index (κ2) is 6.27. The van der Waals surface area contributed by atoms with Gasteiger partial charge in [0.1, 0.15) is 0 Å². The van der Waals surface area contributed by atoms with Gasteiger partial charge in [-0.1, -0.05) is 0 Å². The molecule has 0 fully saturated rings. The molecule has 1 heterocycles. The highest BCUT2D eigenvalue weighted by atomic mass is 35.5. The fourth-order valence-electron chi connectivity index (χ4n) is 1.73. The maximum absolute atomic E-state index is 8.87. The minimum atomic E-state index is 0.411. The number of aromatic nitrogens is 1. The van der Waals surface area contributed by atoms with Crippen LogP contribution in [0.5, 0.6) is 17.4 Å². The summed E-state index contributed by atoms with van der Waals surface area (Å²) in [6.45, 7) is 1.90. The predicted molar refractivity (Wildman–Crippen MR) is 76.3 cm³/mol. The number of nitriles is 1. The molecule has 20 heavy (non-hydrogen) atoms. The van der Waals surface area contributed by atoms with Gasteiger partial charge in [0.2, 0.25) is 5.88 Å². The maximum atomic E-state index is 8.87. The topological polar surface area (TPSA) is 55.1 Å². The first-order valence-electron chi connectivity index (χ1n) is 5.95. The number of nitrogens with zero attached hydrogens (tertiary/aromatic N) is 2. The number of benzene rings is 1. The second-order valence-electron chi connectivity index (χ2n) is 4.18. The number of hydrogen-bond donors (Lipinski definition) is 0. The molecule has 1 aromatic carbocycles. The molecule has 0 unspecified atom stereocenters. The molecule has 0 saturated carbocycles. The van der Waals surface area contributed by atoms with E-state index in [1.807, 2.05) is 13.0 Å². The Bertz CT molecular complexity index is 665. The molecule has 0 spiro atoms. The lowest BCUT2D eigenvalue weighted by Gasteiger charge is -2.11. The standard InChI is InChI=1S/C15H13ClN2O2/c1-10-5-12(7-16)9-18-15(10)20-13-4-3-11(8-17)6-14(13)19-2/h3-6,9H,7H2,1-2H3. The van der Waals surface area contributed by atoms with E-state index < -0.39 is 0 Å². The highest BCUT2D eigenvalue weighted by Crippen LogP contribution is 2.32. The predicted octanol–water partition coefficient (Wildman–Crippen LogP) is 3.80. The molecule has 4 nitrogen and oxygen atoms in total. The molecule has 1 aromatic heterocycles. The van der Waals surface area contributed by atoms with Crippen molar-refractivity contribution in [2.45, 2.75) is 12.8 Å². The van der Waals surface area contributed by atoms with Crippen LogP contribution < -0.4 is 9.47 Å². The minimum Gasteiger partial charge on any atom is -0.493 e. The number of hydrogen-bond acceptors (Lipinski definition) is 4. The van der Waals surface area contributed by atoms with Crippen LogP contribution in [-0.2, 0) is 5.88 Å². The molecule has 2 rings (SSSR count). The molecule has 0 aliphatic heterocycles. The van der Waals surface area contributed by atoms with Crippen molar-refractivity contribution < 1.29 is 9.47 Å². The highest BCUT2D eigenvalue weighted by Gasteiger charge is 2.10. The number of alkyl halides is 1. The first kappa shape index (κ1) is 14.2. The Labute approximate surface area is 122 Å². The Morgan fingerprint density at radius 1 is 1.30 bits per heavy atom. The Morgan fingerprint density at radius 2 is 2.10 bits per heavy atom. The van der Waals surface area contributed by atoms with Gasteiger partial charge in [-0.2, -0.15) is 5.26 Å². The summed E-state index contributed by atoms with van der Waals surface area (Å²) in [5, 5.41) is 8.87. The first-order valence-corrected chi connectivity index (χ1v) is 6.49. The number of methoxy groups -OCH3 is 1. The summed E-state index contributed by atoms with van der Waals surface area (Å²) < 4.78 is 11.0. The molecular weight excluding hydrogens is 276 g/mol. The number of pyridine rings is 1. The Hall–Kier alpha value is -2.25. The summed E-state index contributed by atoms with van der Waals surface area (Å²) in [6.07, 6.45) is 1.67. The lowest BCUT2D eigenvalue weighted by Crippen LogP contribution is -1.96. The third-order valence-electron chi connectivity index (χ3n) is 2.74. The first-order chi connectivity index (χ1) is 9.67. The highest BCUT2D eigenvalue weighted by molar-refractivity contribution is 6.17. The zero-order valence-electron chi connectivity index (χ0n) is 11.2. The average molecular weight is 289 g/mol. The third-order valence-corrected chi connectivity index (χ3v) is 3.05. The number of halogens is 1. The molecule has 0 bridgehead atoms. The molecule has 0 atom stereocenters. The van der Waals surface area contributed by atoms with E-state index in [1.165, 1.54) is 7.11 Å². The van der Waals surface area contributed by atoms with E-state index in [4.69, 9.17) is 26.3 Å². The summed E-state index contributed by atoms with van der Waals surface area (Å²) in [4.78, 5) is 4.24. The summed E-state index contributed by atoms with van der Waals surface area (Å²) >= 11 is 5.76. The number of ether oxygens (including phenoxy) is 2. The Kier molecular flexibility index (Phi) is 4.44. The van der Waals surface area contributed by atoms with Crippen LogP contribution in [0.25, 0.3) is 0 Å². The van der Waals surface area contributed by atoms with Gasteiger partial charge in [-0.3, -0.25) is 0 Å². The van der Waals surface area contributed by atoms with Crippen LogP contribution in [0.2, 0.25) is 0 Å². The largest absolute Gasteiger partial charge is 0.493 e. The lowest BCUT2D eigenvalue weighted by atomic mass is 10.2. The summed E-state index contributed by atoms with van der Waals surface area (Å²) in [7, 11) is 1.53. The normalized spacial score (nSPS) is 9.90. The monoisotopic (exact) mass is 288 g/mol. The van der Waals surface area contributed by atoms with E-state index in [2.05, 4.69) is 11.1 Å². The van der Waals surface area contributed by atoms with Gasteiger partial charge in [-0.05, 0) is 30.7 Å². The molecule has 0 aliphatic carbocycles. The van der Waals surface area contributed by atoms with Crippen LogP contribution in [0.3, 0.4) is 0 Å². The van der Waals surface area contributed by atoms with Crippen molar-refractivity contribution in [3.05, 3.63) is 47.2 Å². The molecule has 0 N–H and O–H groups in total. The van der Waals surface area contributed by atoms with Gasteiger partial charge in [-0.25, -0.2) is 4.98 Å². The molecule has 0 saturated heterocycles. The van der Waals surface area contributed by atoms with E-state index in [9.17, 15) is 0 Å². The van der Waals surface area contributed by atoms with Crippen LogP contribution in [0, 0.1) is 18.3 Å². The molecule has 102 valence electrons. The average Bonchev–Trinajstić information content (AvgIpc) is 2.49. The fourth-order valence-corrected chi connectivity index (χ4v) is 1.87. The van der Waals surface area contributed by atoms with E-state index in [-0.39, 0.29) is 0 Å². The van der Waals surface area contributed by atoms with Crippen molar-refractivity contribution in [2.75, 3.05) is 7.11 Å². The van der Waals surface area contributed by atoms with Gasteiger partial charge in [0.05, 0.1) is 18.7 Å². The molecular formula is C15H13ClN2O2. The van der Waals surface area contributed by atoms with Gasteiger partial charge in [-0.15, -0.1) is 11.6 Å². The van der Waals surface area contributed by atoms with Gasteiger partial charge in [0.15, 0.2) is 11.5 Å². The van der Waals surface area contributed by atoms with Gasteiger partial charge in [0, 0.05) is 23.7 Å². The van der Waals surface area contributed by atoms with Gasteiger partial charge >= 0.3 is 0 Å². The van der Waals surface area contributed by atoms with Gasteiger partial charge < -0.3 is 9.47 Å². The molecule has 5 heteroatoms. The summed E-state index contributed by atoms with van der Waals surface area (Å²) in [5.74, 6) is 1.91. The van der Waals surface area contributed by atoms with Crippen molar-refractivity contribution in [2.24, 2.45) is 0 Å². The quantitative estimate of drug-likeness (QED) is 0.803. The zero-order valence-corrected chi connectivity index (χ0v) is 11.9. The van der Waals surface area contributed by atoms with E-state index in [1.54, 1.807) is 24.4 Å². The smallest absolute Gasteiger partial charge is 0.222 e. The number of aryl methyl sites for hydroxylation is 1. The third kappa shape index (κ3) is 3.01. The molecule has 0 amide bonds. The van der Waals surface area contributed by atoms with Crippen LogP contribution in [0.4, 0.5) is 0 Å². The molecule has 0 aliphatic rings. The van der Waals surface area contributed by atoms with Crippen molar-refractivity contribution in [1.29, 1.82) is 5.26 Å². The van der Waals surface area contributed by atoms with Crippen LogP contribution in [-0.4, -0.2) is 12.1 Å². The van der Waals surface area contributed by atoms with Crippen molar-refractivity contribution in [1.82, 2.24) is 4.98 Å². The summed E-state index contributed by atoms with van der Waals surface area (Å²) in [5.41, 5.74) is 2.33. The SMILES string of the molecule is COc1cc(C#N)ccc1Oc1ncc(CCl)cc1C. The Balaban J connectivity index is 2.32. The Morgan fingerprint density at radius 3 is 2.70 bits per heavy atom. The van der Waals surface area contributed by atoms with Crippen molar-refractivity contribution >= 4 is 11.6 Å². The van der Waals surface area contributed by atoms with Crippen LogP contribution >= 0.6 is 11.6 Å². The van der Waals surface area contributed by atoms with E-state index >= 15 is 0 Å². The fraction of sp³-hybridized carbons (Fsp3) is 0.200. The van der Waals surface area contributed by atoms with Crippen LogP contribution in [0.15, 0.2) is 30.5 Å².